The number of rotatable bonds is 18. The molecule has 0 aromatic rings. The standard InChI is InChI=1S/C13H26N2O3.C12H24N2O3.C2H6/c1-10(2)9-12(16)14-5-7-18-8-6-15-13(17)11(3)4;1-4-11(15)13-5-7-17-8-6-14-12(16)9-10(2)3;1-2/h10-11H,5-9H2,1-4H3,(H,14,16)(H,15,17);10H,4-9H2,1-3H3,(H,13,15)(H,14,16);1-2H3. The van der Waals surface area contributed by atoms with Crippen molar-refractivity contribution in [2.45, 2.75) is 81.6 Å². The molecule has 10 heteroatoms. The fourth-order valence-corrected chi connectivity index (χ4v) is 2.45. The molecule has 0 aromatic carbocycles. The summed E-state index contributed by atoms with van der Waals surface area (Å²) in [7, 11) is 0. The summed E-state index contributed by atoms with van der Waals surface area (Å²) in [6, 6.07) is 0. The molecule has 0 saturated carbocycles. The summed E-state index contributed by atoms with van der Waals surface area (Å²) in [5, 5.41) is 11.0. The van der Waals surface area contributed by atoms with Crippen LogP contribution in [0.2, 0.25) is 0 Å². The van der Waals surface area contributed by atoms with Gasteiger partial charge in [-0.05, 0) is 11.8 Å². The van der Waals surface area contributed by atoms with E-state index in [1.807, 2.05) is 55.4 Å². The van der Waals surface area contributed by atoms with E-state index in [9.17, 15) is 19.2 Å². The Bertz CT molecular complexity index is 583. The topological polar surface area (TPSA) is 135 Å². The zero-order valence-corrected chi connectivity index (χ0v) is 25.0. The average Bonchev–Trinajstić information content (AvgIpc) is 2.83. The van der Waals surface area contributed by atoms with Crippen LogP contribution in [0, 0.1) is 17.8 Å². The zero-order chi connectivity index (χ0) is 29.1. The van der Waals surface area contributed by atoms with E-state index in [4.69, 9.17) is 9.47 Å². The van der Waals surface area contributed by atoms with E-state index >= 15 is 0 Å². The molecule has 0 aliphatic heterocycles. The Balaban J connectivity index is -0.000000586. The molecule has 4 amide bonds. The van der Waals surface area contributed by atoms with Gasteiger partial charge in [-0.1, -0.05) is 62.3 Å². The van der Waals surface area contributed by atoms with Gasteiger partial charge in [0.05, 0.1) is 26.4 Å². The van der Waals surface area contributed by atoms with E-state index in [2.05, 4.69) is 21.3 Å². The largest absolute Gasteiger partial charge is 0.378 e. The molecule has 0 aliphatic carbocycles. The number of carbonyl (C=O) groups is 4. The second kappa shape index (κ2) is 28.4. The van der Waals surface area contributed by atoms with Crippen molar-refractivity contribution in [3.8, 4) is 0 Å². The summed E-state index contributed by atoms with van der Waals surface area (Å²) in [6.45, 7) is 21.5. The third kappa shape index (κ3) is 33.8. The number of hydrogen-bond donors (Lipinski definition) is 4. The van der Waals surface area contributed by atoms with Gasteiger partial charge in [0.2, 0.25) is 23.6 Å². The summed E-state index contributed by atoms with van der Waals surface area (Å²) in [6.07, 6.45) is 1.59. The first-order valence-electron chi connectivity index (χ1n) is 13.7. The maximum absolute atomic E-state index is 11.3. The predicted octanol–water partition coefficient (Wildman–Crippen LogP) is 2.66. The van der Waals surface area contributed by atoms with Crippen LogP contribution in [0.4, 0.5) is 0 Å². The SMILES string of the molecule is CC.CC(C)CC(=O)NCCOCCNC(=O)C(C)C.CCC(=O)NCCOCCNC(=O)CC(C)C. The number of ether oxygens (including phenoxy) is 2. The lowest BCUT2D eigenvalue weighted by Gasteiger charge is -2.09. The van der Waals surface area contributed by atoms with Gasteiger partial charge in [-0.25, -0.2) is 0 Å². The van der Waals surface area contributed by atoms with Crippen LogP contribution in [0.25, 0.3) is 0 Å². The van der Waals surface area contributed by atoms with E-state index in [1.165, 1.54) is 0 Å². The lowest BCUT2D eigenvalue weighted by atomic mass is 10.1. The van der Waals surface area contributed by atoms with Crippen LogP contribution < -0.4 is 21.3 Å². The zero-order valence-electron chi connectivity index (χ0n) is 25.0. The third-order valence-corrected chi connectivity index (χ3v) is 4.28. The van der Waals surface area contributed by atoms with Crippen molar-refractivity contribution in [3.05, 3.63) is 0 Å². The number of carbonyl (C=O) groups excluding carboxylic acids is 4. The maximum Gasteiger partial charge on any atom is 0.222 e. The first kappa shape index (κ1) is 39.3. The molecule has 0 atom stereocenters. The van der Waals surface area contributed by atoms with E-state index in [0.29, 0.717) is 83.7 Å². The van der Waals surface area contributed by atoms with Crippen LogP contribution in [-0.4, -0.2) is 76.2 Å². The maximum atomic E-state index is 11.3. The fraction of sp³-hybridized carbons (Fsp3) is 0.852. The summed E-state index contributed by atoms with van der Waals surface area (Å²) in [5.41, 5.74) is 0. The molecule has 0 heterocycles. The molecule has 0 radical (unpaired) electrons. The van der Waals surface area contributed by atoms with Crippen molar-refractivity contribution in [2.75, 3.05) is 52.6 Å². The molecule has 0 bridgehead atoms. The molecule has 10 nitrogen and oxygen atoms in total. The second-order valence-corrected chi connectivity index (χ2v) is 9.27. The highest BCUT2D eigenvalue weighted by Gasteiger charge is 2.06. The first-order valence-corrected chi connectivity index (χ1v) is 13.7. The predicted molar refractivity (Wildman–Crippen MR) is 149 cm³/mol. The average molecular weight is 533 g/mol. The molecule has 0 unspecified atom stereocenters. The summed E-state index contributed by atoms with van der Waals surface area (Å²) >= 11 is 0. The molecule has 0 saturated heterocycles. The van der Waals surface area contributed by atoms with Crippen molar-refractivity contribution in [3.63, 3.8) is 0 Å². The molecule has 0 rings (SSSR count). The normalized spacial score (nSPS) is 10.2. The van der Waals surface area contributed by atoms with Crippen LogP contribution >= 0.6 is 0 Å². The lowest BCUT2D eigenvalue weighted by molar-refractivity contribution is -0.124. The summed E-state index contributed by atoms with van der Waals surface area (Å²) < 4.78 is 10.5. The molecule has 220 valence electrons. The second-order valence-electron chi connectivity index (χ2n) is 9.27. The van der Waals surface area contributed by atoms with Gasteiger partial charge in [-0.3, -0.25) is 19.2 Å². The Labute approximate surface area is 225 Å². The Morgan fingerprint density at radius 2 is 0.892 bits per heavy atom. The monoisotopic (exact) mass is 532 g/mol. The highest BCUT2D eigenvalue weighted by Crippen LogP contribution is 1.98. The van der Waals surface area contributed by atoms with Gasteiger partial charge >= 0.3 is 0 Å². The molecule has 0 spiro atoms. The smallest absolute Gasteiger partial charge is 0.222 e. The van der Waals surface area contributed by atoms with E-state index in [0.717, 1.165) is 0 Å². The molecule has 0 aromatic heterocycles. The van der Waals surface area contributed by atoms with Crippen LogP contribution in [0.1, 0.15) is 81.6 Å². The Hall–Kier alpha value is -2.20. The number of hydrogen-bond acceptors (Lipinski definition) is 6. The fourth-order valence-electron chi connectivity index (χ4n) is 2.45. The highest BCUT2D eigenvalue weighted by atomic mass is 16.5. The number of nitrogens with one attached hydrogen (secondary N) is 4. The van der Waals surface area contributed by atoms with Crippen molar-refractivity contribution in [1.29, 1.82) is 0 Å². The van der Waals surface area contributed by atoms with Gasteiger partial charge < -0.3 is 30.7 Å². The van der Waals surface area contributed by atoms with Crippen molar-refractivity contribution < 1.29 is 28.7 Å². The van der Waals surface area contributed by atoms with Crippen LogP contribution in [0.15, 0.2) is 0 Å². The first-order chi connectivity index (χ1) is 17.5. The summed E-state index contributed by atoms with van der Waals surface area (Å²) in [4.78, 5) is 44.6. The van der Waals surface area contributed by atoms with Crippen molar-refractivity contribution in [1.82, 2.24) is 21.3 Å². The van der Waals surface area contributed by atoms with Gasteiger partial charge in [-0.15, -0.1) is 0 Å². The van der Waals surface area contributed by atoms with Crippen LogP contribution in [0.3, 0.4) is 0 Å². The van der Waals surface area contributed by atoms with E-state index in [-0.39, 0.29) is 29.5 Å². The van der Waals surface area contributed by atoms with Gasteiger partial charge in [0.15, 0.2) is 0 Å². The van der Waals surface area contributed by atoms with Gasteiger partial charge in [0.1, 0.15) is 0 Å². The van der Waals surface area contributed by atoms with Crippen molar-refractivity contribution in [2.24, 2.45) is 17.8 Å². The van der Waals surface area contributed by atoms with Crippen molar-refractivity contribution >= 4 is 23.6 Å². The number of amides is 4. The minimum absolute atomic E-state index is 0.000298. The molecule has 0 fully saturated rings. The van der Waals surface area contributed by atoms with E-state index in [1.54, 1.807) is 6.92 Å². The highest BCUT2D eigenvalue weighted by molar-refractivity contribution is 5.78. The van der Waals surface area contributed by atoms with Gasteiger partial charge in [-0.2, -0.15) is 0 Å². The Morgan fingerprint density at radius 3 is 1.19 bits per heavy atom. The lowest BCUT2D eigenvalue weighted by Crippen LogP contribution is -2.32. The van der Waals surface area contributed by atoms with Crippen LogP contribution in [-0.2, 0) is 28.7 Å². The summed E-state index contributed by atoms with van der Waals surface area (Å²) in [5.74, 6) is 0.921. The molecule has 0 aliphatic rings. The Kier molecular flexibility index (Phi) is 30.1. The molecular weight excluding hydrogens is 476 g/mol. The van der Waals surface area contributed by atoms with E-state index < -0.39 is 0 Å². The Morgan fingerprint density at radius 1 is 0.568 bits per heavy atom. The van der Waals surface area contributed by atoms with Crippen LogP contribution in [0.5, 0.6) is 0 Å². The molecule has 37 heavy (non-hydrogen) atoms. The molecule has 4 N–H and O–H groups in total. The minimum atomic E-state index is 0.000298. The van der Waals surface area contributed by atoms with Gasteiger partial charge in [0, 0.05) is 51.4 Å². The third-order valence-electron chi connectivity index (χ3n) is 4.28. The molecular formula is C27H56N4O6. The minimum Gasteiger partial charge on any atom is -0.378 e. The quantitative estimate of drug-likeness (QED) is 0.201. The van der Waals surface area contributed by atoms with Gasteiger partial charge in [0.25, 0.3) is 0 Å².